The first-order valence-electron chi connectivity index (χ1n) is 10.2. The van der Waals surface area contributed by atoms with Gasteiger partial charge in [0.05, 0.1) is 12.7 Å². The first kappa shape index (κ1) is 19.5. The van der Waals surface area contributed by atoms with Crippen molar-refractivity contribution < 1.29 is 18.8 Å². The van der Waals surface area contributed by atoms with Crippen LogP contribution in [0.25, 0.3) is 0 Å². The summed E-state index contributed by atoms with van der Waals surface area (Å²) in [5.41, 5.74) is 4.63. The smallest absolute Gasteiger partial charge is 0.354 e. The van der Waals surface area contributed by atoms with E-state index >= 15 is 0 Å². The van der Waals surface area contributed by atoms with E-state index in [9.17, 15) is 14.1 Å². The van der Waals surface area contributed by atoms with Gasteiger partial charge in [-0.05, 0) is 67.7 Å². The van der Waals surface area contributed by atoms with Crippen LogP contribution in [-0.4, -0.2) is 37.3 Å². The van der Waals surface area contributed by atoms with Gasteiger partial charge in [0.25, 0.3) is 0 Å². The molecule has 2 atom stereocenters. The van der Waals surface area contributed by atoms with E-state index in [1.807, 2.05) is 0 Å². The van der Waals surface area contributed by atoms with E-state index in [1.54, 1.807) is 6.92 Å². The molecule has 30 heavy (non-hydrogen) atoms. The van der Waals surface area contributed by atoms with Crippen molar-refractivity contribution in [1.29, 1.82) is 0 Å². The largest absolute Gasteiger partial charge is 0.474 e. The number of hydrogen-bond donors (Lipinski definition) is 3. The summed E-state index contributed by atoms with van der Waals surface area (Å²) in [6.07, 6.45) is 7.28. The maximum absolute atomic E-state index is 13.1. The molecule has 2 aliphatic carbocycles. The third kappa shape index (κ3) is 3.28. The highest BCUT2D eigenvalue weighted by Crippen LogP contribution is 2.38. The highest BCUT2D eigenvalue weighted by Gasteiger charge is 2.33. The molecule has 2 heterocycles. The second kappa shape index (κ2) is 6.79. The Kier molecular flexibility index (Phi) is 4.42. The molecule has 1 aromatic heterocycles. The summed E-state index contributed by atoms with van der Waals surface area (Å²) in [7, 11) is -3.57. The van der Waals surface area contributed by atoms with E-state index in [0.29, 0.717) is 0 Å². The molecule has 160 valence electrons. The topological polar surface area (TPSA) is 132 Å². The molecule has 0 fully saturated rings. The average molecular weight is 432 g/mol. The molecule has 3 aliphatic rings. The van der Waals surface area contributed by atoms with Gasteiger partial charge in [0, 0.05) is 5.69 Å². The molecule has 0 saturated heterocycles. The van der Waals surface area contributed by atoms with Gasteiger partial charge in [0.1, 0.15) is 17.1 Å². The number of aryl methyl sites for hydroxylation is 2. The molecule has 0 radical (unpaired) electrons. The van der Waals surface area contributed by atoms with Gasteiger partial charge in [-0.15, -0.1) is 4.36 Å². The zero-order valence-corrected chi connectivity index (χ0v) is 17.6. The number of amides is 2. The Morgan fingerprint density at radius 1 is 1.30 bits per heavy atom. The number of nitrogens with two attached hydrogens (primary N) is 1. The van der Waals surface area contributed by atoms with Crippen LogP contribution in [0.1, 0.15) is 42.0 Å². The number of anilines is 1. The second-order valence-electron chi connectivity index (χ2n) is 8.58. The molecule has 0 spiro atoms. The Morgan fingerprint density at radius 3 is 2.63 bits per heavy atom. The highest BCUT2D eigenvalue weighted by molar-refractivity contribution is 7.91. The lowest BCUT2D eigenvalue weighted by Gasteiger charge is -2.29. The standard InChI is InChI=1S/C20H25N5O4S/c1-20(27)10-25-18(29-11-20)16(9-22-25)30(21,28)24-19(26)23-17-14-6-2-4-12(14)8-13-5-3-7-15(13)17/h8-9,27H,2-7,10-11H2,1H3,(H3,21,23,24,26,28). The molecule has 1 aromatic carbocycles. The summed E-state index contributed by atoms with van der Waals surface area (Å²) in [6.45, 7) is 1.80. The van der Waals surface area contributed by atoms with Crippen molar-refractivity contribution in [3.8, 4) is 5.88 Å². The molecular weight excluding hydrogens is 406 g/mol. The molecule has 10 heteroatoms. The minimum atomic E-state index is -3.57. The number of aromatic nitrogens is 2. The van der Waals surface area contributed by atoms with Gasteiger partial charge in [-0.25, -0.2) is 18.8 Å². The van der Waals surface area contributed by atoms with Crippen molar-refractivity contribution >= 4 is 21.6 Å². The van der Waals surface area contributed by atoms with Crippen LogP contribution in [0, 0.1) is 0 Å². The molecule has 9 nitrogen and oxygen atoms in total. The Bertz CT molecular complexity index is 1140. The van der Waals surface area contributed by atoms with E-state index in [4.69, 9.17) is 9.88 Å². The molecule has 1 aliphatic heterocycles. The minimum absolute atomic E-state index is 0.00962. The quantitative estimate of drug-likeness (QED) is 0.668. The van der Waals surface area contributed by atoms with E-state index in [-0.39, 0.29) is 23.9 Å². The van der Waals surface area contributed by atoms with E-state index in [1.165, 1.54) is 22.0 Å². The molecular formula is C20H25N5O4S. The number of carbonyl (C=O) groups excluding carboxylic acids is 1. The van der Waals surface area contributed by atoms with Crippen LogP contribution in [0.4, 0.5) is 10.5 Å². The predicted octanol–water partition coefficient (Wildman–Crippen LogP) is 1.94. The maximum atomic E-state index is 13.1. The lowest BCUT2D eigenvalue weighted by Crippen LogP contribution is -2.41. The fourth-order valence-corrected chi connectivity index (χ4v) is 5.68. The Balaban J connectivity index is 1.47. The van der Waals surface area contributed by atoms with Crippen LogP contribution < -0.4 is 15.2 Å². The number of nitrogens with zero attached hydrogens (tertiary/aromatic N) is 3. The molecule has 5 rings (SSSR count). The van der Waals surface area contributed by atoms with Crippen molar-refractivity contribution in [2.45, 2.75) is 62.5 Å². The number of rotatable bonds is 2. The van der Waals surface area contributed by atoms with E-state index in [2.05, 4.69) is 20.8 Å². The molecule has 2 unspecified atom stereocenters. The summed E-state index contributed by atoms with van der Waals surface area (Å²) < 4.78 is 23.8. The molecule has 0 saturated carbocycles. The number of hydrogen-bond acceptors (Lipinski definition) is 5. The first-order valence-corrected chi connectivity index (χ1v) is 11.7. The number of carbonyl (C=O) groups is 1. The summed E-state index contributed by atoms with van der Waals surface area (Å²) >= 11 is 0. The normalized spacial score (nSPS) is 23.7. The summed E-state index contributed by atoms with van der Waals surface area (Å²) in [5, 5.41) is 23.0. The number of aliphatic hydroxyl groups is 1. The van der Waals surface area contributed by atoms with Gasteiger partial charge < -0.3 is 15.2 Å². The zero-order chi connectivity index (χ0) is 21.1. The van der Waals surface area contributed by atoms with Gasteiger partial charge in [0.2, 0.25) is 5.88 Å². The SMILES string of the molecule is CC1(O)COc2c(S(N)(=O)=NC(=O)Nc3c4c(cc5c3CCC5)CCC4)cnn2C1. The minimum Gasteiger partial charge on any atom is -0.474 e. The second-order valence-corrected chi connectivity index (χ2v) is 10.3. The van der Waals surface area contributed by atoms with Crippen LogP contribution in [0.2, 0.25) is 0 Å². The van der Waals surface area contributed by atoms with Crippen LogP contribution >= 0.6 is 0 Å². The Morgan fingerprint density at radius 2 is 1.97 bits per heavy atom. The van der Waals surface area contributed by atoms with Gasteiger partial charge in [-0.1, -0.05) is 6.07 Å². The third-order valence-corrected chi connectivity index (χ3v) is 7.36. The Hall–Kier alpha value is -2.43. The van der Waals surface area contributed by atoms with E-state index < -0.39 is 21.5 Å². The van der Waals surface area contributed by atoms with Crippen molar-refractivity contribution in [3.63, 3.8) is 0 Å². The van der Waals surface area contributed by atoms with Crippen molar-refractivity contribution in [1.82, 2.24) is 9.78 Å². The first-order chi connectivity index (χ1) is 14.2. The monoisotopic (exact) mass is 431 g/mol. The summed E-state index contributed by atoms with van der Waals surface area (Å²) in [6, 6.07) is 1.54. The van der Waals surface area contributed by atoms with Gasteiger partial charge in [-0.3, -0.25) is 0 Å². The lowest BCUT2D eigenvalue weighted by atomic mass is 9.99. The number of benzene rings is 1. The number of urea groups is 1. The van der Waals surface area contributed by atoms with Crippen molar-refractivity contribution in [3.05, 3.63) is 34.5 Å². The van der Waals surface area contributed by atoms with Crippen molar-refractivity contribution in [2.75, 3.05) is 11.9 Å². The maximum Gasteiger partial charge on any atom is 0.354 e. The Labute approximate surface area is 174 Å². The lowest BCUT2D eigenvalue weighted by molar-refractivity contribution is -0.0325. The molecule has 4 N–H and O–H groups in total. The van der Waals surface area contributed by atoms with Crippen LogP contribution in [0.15, 0.2) is 21.5 Å². The molecule has 2 aromatic rings. The number of ether oxygens (including phenoxy) is 1. The summed E-state index contributed by atoms with van der Waals surface area (Å²) in [5.74, 6) is 0.173. The van der Waals surface area contributed by atoms with Gasteiger partial charge in [0.15, 0.2) is 9.92 Å². The van der Waals surface area contributed by atoms with Crippen LogP contribution in [0.5, 0.6) is 5.88 Å². The van der Waals surface area contributed by atoms with Crippen LogP contribution in [0.3, 0.4) is 0 Å². The fraction of sp³-hybridized carbons (Fsp3) is 0.500. The summed E-state index contributed by atoms with van der Waals surface area (Å²) in [4.78, 5) is 12.8. The van der Waals surface area contributed by atoms with Gasteiger partial charge in [-0.2, -0.15) is 5.10 Å². The van der Waals surface area contributed by atoms with E-state index in [0.717, 1.165) is 55.3 Å². The van der Waals surface area contributed by atoms with Crippen molar-refractivity contribution in [2.24, 2.45) is 9.50 Å². The van der Waals surface area contributed by atoms with Gasteiger partial charge >= 0.3 is 6.03 Å². The van der Waals surface area contributed by atoms with Crippen LogP contribution in [-0.2, 0) is 42.1 Å². The predicted molar refractivity (Wildman–Crippen MR) is 111 cm³/mol. The molecule has 2 amide bonds. The highest BCUT2D eigenvalue weighted by atomic mass is 32.2. The fourth-order valence-electron chi connectivity index (χ4n) is 4.68. The zero-order valence-electron chi connectivity index (χ0n) is 16.8. The number of nitrogens with one attached hydrogen (secondary N) is 1. The number of fused-ring (bicyclic) bond motifs is 3. The third-order valence-electron chi connectivity index (χ3n) is 6.01. The average Bonchev–Trinajstić information content (AvgIpc) is 3.38. The molecule has 0 bridgehead atoms.